The highest BCUT2D eigenvalue weighted by molar-refractivity contribution is 7.85. The molecular formula is C28H50O5S. The molecule has 1 aromatic carbocycles. The Bertz CT molecular complexity index is 786. The van der Waals surface area contributed by atoms with Crippen molar-refractivity contribution in [2.75, 3.05) is 5.75 Å². The third-order valence-electron chi connectivity index (χ3n) is 6.77. The van der Waals surface area contributed by atoms with E-state index in [1.165, 1.54) is 102 Å². The first-order chi connectivity index (χ1) is 16.1. The molecule has 0 unspecified atom stereocenters. The van der Waals surface area contributed by atoms with E-state index < -0.39 is 21.3 Å². The maximum atomic E-state index is 11.3. The van der Waals surface area contributed by atoms with Gasteiger partial charge < -0.3 is 10.2 Å². The van der Waals surface area contributed by atoms with Crippen molar-refractivity contribution in [3.8, 4) is 11.5 Å². The Balaban J connectivity index is 2.16. The fourth-order valence-electron chi connectivity index (χ4n) is 4.76. The van der Waals surface area contributed by atoms with Gasteiger partial charge in [0.25, 0.3) is 10.1 Å². The largest absolute Gasteiger partial charge is 0.508 e. The monoisotopic (exact) mass is 498 g/mol. The zero-order valence-corrected chi connectivity index (χ0v) is 22.8. The lowest BCUT2D eigenvalue weighted by molar-refractivity contribution is 0.422. The molecule has 198 valence electrons. The van der Waals surface area contributed by atoms with Crippen LogP contribution in [0.5, 0.6) is 11.5 Å². The van der Waals surface area contributed by atoms with Gasteiger partial charge in [-0.05, 0) is 30.5 Å². The summed E-state index contributed by atoms with van der Waals surface area (Å²) in [6.07, 6.45) is 21.6. The maximum absolute atomic E-state index is 11.3. The first-order valence-corrected chi connectivity index (χ1v) is 15.2. The first-order valence-electron chi connectivity index (χ1n) is 13.6. The van der Waals surface area contributed by atoms with E-state index in [9.17, 15) is 18.6 Å². The van der Waals surface area contributed by atoms with Crippen LogP contribution in [-0.4, -0.2) is 28.9 Å². The summed E-state index contributed by atoms with van der Waals surface area (Å²) >= 11 is 0. The van der Waals surface area contributed by atoms with Crippen LogP contribution in [0.25, 0.3) is 0 Å². The molecule has 0 bridgehead atoms. The Morgan fingerprint density at radius 3 is 1.50 bits per heavy atom. The molecule has 0 amide bonds. The second-order valence-electron chi connectivity index (χ2n) is 10.7. The minimum atomic E-state index is -4.20. The van der Waals surface area contributed by atoms with E-state index in [0.29, 0.717) is 17.5 Å². The zero-order chi connectivity index (χ0) is 25.5. The number of benzene rings is 1. The molecule has 0 heterocycles. The summed E-state index contributed by atoms with van der Waals surface area (Å²) < 4.78 is 31.7. The van der Waals surface area contributed by atoms with Crippen molar-refractivity contribution in [1.29, 1.82) is 0 Å². The predicted octanol–water partition coefficient (Wildman–Crippen LogP) is 8.07. The van der Waals surface area contributed by atoms with Crippen LogP contribution in [0.2, 0.25) is 0 Å². The number of phenolic OH excluding ortho intramolecular Hbond substituents is 2. The van der Waals surface area contributed by atoms with Crippen LogP contribution in [0.1, 0.15) is 135 Å². The van der Waals surface area contributed by atoms with Crippen molar-refractivity contribution in [2.24, 2.45) is 0 Å². The molecule has 1 aromatic rings. The number of unbranched alkanes of at least 4 members (excludes halogenated alkanes) is 15. The second kappa shape index (κ2) is 16.4. The summed E-state index contributed by atoms with van der Waals surface area (Å²) in [6, 6.07) is 2.96. The molecule has 0 aliphatic rings. The van der Waals surface area contributed by atoms with Crippen LogP contribution in [-0.2, 0) is 22.0 Å². The fraction of sp³-hybridized carbons (Fsp3) is 0.786. The van der Waals surface area contributed by atoms with Gasteiger partial charge in [-0.25, -0.2) is 0 Å². The van der Waals surface area contributed by atoms with E-state index in [1.807, 2.05) is 0 Å². The third kappa shape index (κ3) is 13.6. The van der Waals surface area contributed by atoms with Crippen molar-refractivity contribution in [3.63, 3.8) is 0 Å². The molecule has 1 rings (SSSR count). The summed E-state index contributed by atoms with van der Waals surface area (Å²) in [6.45, 7) is 5.50. The predicted molar refractivity (Wildman–Crippen MR) is 142 cm³/mol. The van der Waals surface area contributed by atoms with Crippen LogP contribution >= 0.6 is 0 Å². The lowest BCUT2D eigenvalue weighted by atomic mass is 9.85. The molecular weight excluding hydrogens is 448 g/mol. The number of hydrogen-bond acceptors (Lipinski definition) is 4. The van der Waals surface area contributed by atoms with E-state index in [0.717, 1.165) is 12.8 Å². The van der Waals surface area contributed by atoms with Gasteiger partial charge in [0.2, 0.25) is 0 Å². The Morgan fingerprint density at radius 1 is 0.676 bits per heavy atom. The van der Waals surface area contributed by atoms with Crippen LogP contribution < -0.4 is 0 Å². The molecule has 5 nitrogen and oxygen atoms in total. The van der Waals surface area contributed by atoms with Gasteiger partial charge in [-0.1, -0.05) is 117 Å². The van der Waals surface area contributed by atoms with E-state index >= 15 is 0 Å². The van der Waals surface area contributed by atoms with Crippen LogP contribution in [0, 0.1) is 0 Å². The van der Waals surface area contributed by atoms with Gasteiger partial charge in [0, 0.05) is 11.0 Å². The minimum absolute atomic E-state index is 0.0436. The normalized spacial score (nSPS) is 12.4. The molecule has 0 aliphatic carbocycles. The summed E-state index contributed by atoms with van der Waals surface area (Å²) in [5.74, 6) is -0.499. The molecule has 0 spiro atoms. The van der Waals surface area contributed by atoms with E-state index in [1.54, 1.807) is 13.8 Å². The van der Waals surface area contributed by atoms with Gasteiger partial charge in [-0.2, -0.15) is 8.42 Å². The Kier molecular flexibility index (Phi) is 14.8. The molecule has 0 atom stereocenters. The first kappa shape index (κ1) is 30.8. The smallest absolute Gasteiger partial charge is 0.265 e. The second-order valence-corrected chi connectivity index (χ2v) is 12.1. The number of aryl methyl sites for hydroxylation is 1. The topological polar surface area (TPSA) is 94.8 Å². The number of hydrogen-bond donors (Lipinski definition) is 3. The minimum Gasteiger partial charge on any atom is -0.508 e. The molecule has 3 N–H and O–H groups in total. The average Bonchev–Trinajstić information content (AvgIpc) is 2.73. The zero-order valence-electron chi connectivity index (χ0n) is 21.9. The summed E-state index contributed by atoms with van der Waals surface area (Å²) in [5.41, 5.74) is -0.0188. The standard InChI is InChI=1S/C28H50O5S/c1-4-5-6-7-8-9-10-11-12-13-14-15-16-17-18-19-20-24-21-27(30)25(22-26(24)29)28(2,3)23-34(31,32)33/h21-22,29-30H,4-20,23H2,1-3H3,(H,31,32,33). The molecule has 0 saturated heterocycles. The average molecular weight is 499 g/mol. The Morgan fingerprint density at radius 2 is 1.09 bits per heavy atom. The van der Waals surface area contributed by atoms with Gasteiger partial charge in [-0.15, -0.1) is 0 Å². The van der Waals surface area contributed by atoms with Gasteiger partial charge in [0.15, 0.2) is 0 Å². The summed E-state index contributed by atoms with van der Waals surface area (Å²) in [4.78, 5) is 0. The van der Waals surface area contributed by atoms with Crippen molar-refractivity contribution in [3.05, 3.63) is 23.3 Å². The van der Waals surface area contributed by atoms with Gasteiger partial charge in [0.05, 0.1) is 5.75 Å². The van der Waals surface area contributed by atoms with Crippen LogP contribution in [0.15, 0.2) is 12.1 Å². The van der Waals surface area contributed by atoms with Gasteiger partial charge in [-0.3, -0.25) is 4.55 Å². The SMILES string of the molecule is CCCCCCCCCCCCCCCCCCc1cc(O)c(C(C)(C)CS(=O)(=O)O)cc1O. The molecule has 6 heteroatoms. The number of aromatic hydroxyl groups is 2. The highest BCUT2D eigenvalue weighted by Gasteiger charge is 2.30. The quantitative estimate of drug-likeness (QED) is 0.0959. The van der Waals surface area contributed by atoms with Crippen molar-refractivity contribution < 1.29 is 23.2 Å². The molecule has 0 radical (unpaired) electrons. The van der Waals surface area contributed by atoms with Crippen LogP contribution in [0.3, 0.4) is 0 Å². The van der Waals surface area contributed by atoms with Crippen molar-refractivity contribution >= 4 is 10.1 Å². The van der Waals surface area contributed by atoms with Gasteiger partial charge in [0.1, 0.15) is 11.5 Å². The molecule has 0 saturated carbocycles. The molecule has 0 aliphatic heterocycles. The molecule has 34 heavy (non-hydrogen) atoms. The van der Waals surface area contributed by atoms with E-state index in [2.05, 4.69) is 6.92 Å². The Hall–Kier alpha value is -1.27. The summed E-state index contributed by atoms with van der Waals surface area (Å²) in [5, 5.41) is 20.8. The highest BCUT2D eigenvalue weighted by Crippen LogP contribution is 2.37. The van der Waals surface area contributed by atoms with Crippen molar-refractivity contribution in [2.45, 2.75) is 135 Å². The lowest BCUT2D eigenvalue weighted by Crippen LogP contribution is -2.28. The number of phenols is 2. The van der Waals surface area contributed by atoms with E-state index in [4.69, 9.17) is 4.55 Å². The molecule has 0 aromatic heterocycles. The van der Waals surface area contributed by atoms with Gasteiger partial charge >= 0.3 is 0 Å². The van der Waals surface area contributed by atoms with E-state index in [-0.39, 0.29) is 11.5 Å². The maximum Gasteiger partial charge on any atom is 0.265 e. The third-order valence-corrected chi connectivity index (χ3v) is 7.86. The lowest BCUT2D eigenvalue weighted by Gasteiger charge is -2.25. The molecule has 0 fully saturated rings. The fourth-order valence-corrected chi connectivity index (χ4v) is 5.83. The number of rotatable bonds is 20. The summed E-state index contributed by atoms with van der Waals surface area (Å²) in [7, 11) is -4.20. The highest BCUT2D eigenvalue weighted by atomic mass is 32.2. The van der Waals surface area contributed by atoms with Crippen molar-refractivity contribution in [1.82, 2.24) is 0 Å². The van der Waals surface area contributed by atoms with Crippen LogP contribution in [0.4, 0.5) is 0 Å². The Labute approximate surface area is 209 Å².